The van der Waals surface area contributed by atoms with Crippen molar-refractivity contribution in [2.45, 2.75) is 51.0 Å². The minimum absolute atomic E-state index is 0.0422. The van der Waals surface area contributed by atoms with E-state index in [0.29, 0.717) is 23.8 Å². The highest BCUT2D eigenvalue weighted by molar-refractivity contribution is 5.87. The fourth-order valence-electron chi connectivity index (χ4n) is 6.08. The maximum atomic E-state index is 12.0. The standard InChI is InChI=1S/C16H20O4/c1-9(2)12(17)20-16-5-10-3-14(13(18)19)6-11(7-16)15(16,4-10)8-14/h10-11H,1,3-8H2,2H3,(H,18,19). The summed E-state index contributed by atoms with van der Waals surface area (Å²) in [5.74, 6) is -0.106. The Morgan fingerprint density at radius 1 is 1.20 bits per heavy atom. The molecule has 0 aromatic rings. The lowest BCUT2D eigenvalue weighted by molar-refractivity contribution is -0.211. The maximum Gasteiger partial charge on any atom is 0.333 e. The molecule has 5 unspecified atom stereocenters. The quantitative estimate of drug-likeness (QED) is 0.635. The summed E-state index contributed by atoms with van der Waals surface area (Å²) in [7, 11) is 0. The zero-order valence-corrected chi connectivity index (χ0v) is 11.8. The van der Waals surface area contributed by atoms with E-state index in [4.69, 9.17) is 4.74 Å². The third kappa shape index (κ3) is 1.15. The van der Waals surface area contributed by atoms with Gasteiger partial charge in [-0.25, -0.2) is 4.79 Å². The Kier molecular flexibility index (Phi) is 2.04. The Hall–Kier alpha value is -1.32. The van der Waals surface area contributed by atoms with Crippen LogP contribution in [0.25, 0.3) is 0 Å². The lowest BCUT2D eigenvalue weighted by Crippen LogP contribution is -2.60. The van der Waals surface area contributed by atoms with Gasteiger partial charge in [0.05, 0.1) is 5.41 Å². The van der Waals surface area contributed by atoms with E-state index < -0.39 is 11.4 Å². The topological polar surface area (TPSA) is 63.6 Å². The monoisotopic (exact) mass is 276 g/mol. The normalized spacial score (nSPS) is 50.5. The molecule has 4 fully saturated rings. The molecule has 4 nitrogen and oxygen atoms in total. The van der Waals surface area contributed by atoms with Gasteiger partial charge in [-0.2, -0.15) is 0 Å². The minimum atomic E-state index is -0.641. The molecule has 0 saturated heterocycles. The number of rotatable bonds is 3. The minimum Gasteiger partial charge on any atom is -0.481 e. The molecule has 0 heterocycles. The predicted molar refractivity (Wildman–Crippen MR) is 70.8 cm³/mol. The summed E-state index contributed by atoms with van der Waals surface area (Å²) in [5.41, 5.74) is -0.532. The Morgan fingerprint density at radius 3 is 2.60 bits per heavy atom. The van der Waals surface area contributed by atoms with Crippen molar-refractivity contribution >= 4 is 11.9 Å². The van der Waals surface area contributed by atoms with Crippen LogP contribution >= 0.6 is 0 Å². The number of carboxylic acids is 1. The first kappa shape index (κ1) is 12.4. The number of carboxylic acid groups (broad SMARTS) is 1. The number of hydrogen-bond acceptors (Lipinski definition) is 3. The third-order valence-corrected chi connectivity index (χ3v) is 6.60. The summed E-state index contributed by atoms with van der Waals surface area (Å²) >= 11 is 0. The van der Waals surface area contributed by atoms with E-state index in [1.54, 1.807) is 6.92 Å². The smallest absolute Gasteiger partial charge is 0.333 e. The van der Waals surface area contributed by atoms with E-state index in [9.17, 15) is 14.7 Å². The highest BCUT2D eigenvalue weighted by atomic mass is 16.6. The van der Waals surface area contributed by atoms with Gasteiger partial charge in [-0.15, -0.1) is 0 Å². The maximum absolute atomic E-state index is 12.0. The molecule has 1 N–H and O–H groups in total. The molecule has 5 atom stereocenters. The van der Waals surface area contributed by atoms with Gasteiger partial charge in [0.15, 0.2) is 0 Å². The van der Waals surface area contributed by atoms with Crippen molar-refractivity contribution in [3.05, 3.63) is 12.2 Å². The molecule has 4 aliphatic rings. The number of ether oxygens (including phenoxy) is 1. The second-order valence-corrected chi connectivity index (χ2v) is 7.67. The van der Waals surface area contributed by atoms with Gasteiger partial charge < -0.3 is 9.84 Å². The molecule has 4 saturated carbocycles. The molecular weight excluding hydrogens is 256 g/mol. The van der Waals surface area contributed by atoms with Gasteiger partial charge in [-0.3, -0.25) is 4.79 Å². The fraction of sp³-hybridized carbons (Fsp3) is 0.750. The predicted octanol–water partition coefficient (Wildman–Crippen LogP) is 2.53. The van der Waals surface area contributed by atoms with E-state index in [1.807, 2.05) is 0 Å². The first-order chi connectivity index (χ1) is 9.33. The molecule has 4 heteroatoms. The Labute approximate surface area is 118 Å². The Bertz CT molecular complexity index is 549. The van der Waals surface area contributed by atoms with E-state index in [2.05, 4.69) is 6.58 Å². The summed E-state index contributed by atoms with van der Waals surface area (Å²) in [6.07, 6.45) is 5.03. The van der Waals surface area contributed by atoms with Crippen molar-refractivity contribution in [3.8, 4) is 0 Å². The number of esters is 1. The average Bonchev–Trinajstić information content (AvgIpc) is 2.64. The van der Waals surface area contributed by atoms with Crippen LogP contribution < -0.4 is 0 Å². The van der Waals surface area contributed by atoms with Gasteiger partial charge in [0, 0.05) is 11.0 Å². The zero-order chi connectivity index (χ0) is 14.3. The van der Waals surface area contributed by atoms with Crippen LogP contribution in [-0.2, 0) is 14.3 Å². The van der Waals surface area contributed by atoms with Crippen LogP contribution in [-0.4, -0.2) is 22.6 Å². The van der Waals surface area contributed by atoms with Crippen LogP contribution in [0, 0.1) is 22.7 Å². The molecule has 0 aromatic carbocycles. The SMILES string of the molecule is C=C(C)C(=O)OC12CC3CC4(C(=O)O)CC(C1)C2(C3)C4. The molecule has 1 spiro atoms. The zero-order valence-electron chi connectivity index (χ0n) is 11.8. The number of carbonyl (C=O) groups excluding carboxylic acids is 1. The molecule has 0 aromatic heterocycles. The number of hydrogen-bond donors (Lipinski definition) is 1. The molecule has 3 bridgehead atoms. The van der Waals surface area contributed by atoms with Crippen LogP contribution in [0.2, 0.25) is 0 Å². The van der Waals surface area contributed by atoms with Gasteiger partial charge in [-0.1, -0.05) is 6.58 Å². The molecular formula is C16H20O4. The lowest BCUT2D eigenvalue weighted by Gasteiger charge is -2.57. The molecule has 0 aliphatic heterocycles. The van der Waals surface area contributed by atoms with Gasteiger partial charge in [0.1, 0.15) is 5.60 Å². The van der Waals surface area contributed by atoms with E-state index >= 15 is 0 Å². The van der Waals surface area contributed by atoms with Crippen LogP contribution in [0.1, 0.15) is 45.4 Å². The largest absolute Gasteiger partial charge is 0.481 e. The van der Waals surface area contributed by atoms with Gasteiger partial charge in [0.25, 0.3) is 0 Å². The molecule has 108 valence electrons. The first-order valence-corrected chi connectivity index (χ1v) is 7.45. The summed E-state index contributed by atoms with van der Waals surface area (Å²) < 4.78 is 5.85. The Morgan fingerprint density at radius 2 is 1.95 bits per heavy atom. The Balaban J connectivity index is 1.70. The van der Waals surface area contributed by atoms with Crippen molar-refractivity contribution in [2.24, 2.45) is 22.7 Å². The summed E-state index contributed by atoms with van der Waals surface area (Å²) in [6, 6.07) is 0. The van der Waals surface area contributed by atoms with Crippen LogP contribution in [0.15, 0.2) is 12.2 Å². The van der Waals surface area contributed by atoms with E-state index in [0.717, 1.165) is 32.1 Å². The summed E-state index contributed by atoms with van der Waals surface area (Å²) in [4.78, 5) is 23.7. The molecule has 4 aliphatic carbocycles. The average molecular weight is 276 g/mol. The molecule has 20 heavy (non-hydrogen) atoms. The van der Waals surface area contributed by atoms with Gasteiger partial charge in [0.2, 0.25) is 0 Å². The van der Waals surface area contributed by atoms with Crippen molar-refractivity contribution < 1.29 is 19.4 Å². The molecule has 0 amide bonds. The van der Waals surface area contributed by atoms with Gasteiger partial charge >= 0.3 is 11.9 Å². The highest BCUT2D eigenvalue weighted by Crippen LogP contribution is 2.81. The lowest BCUT2D eigenvalue weighted by atomic mass is 9.52. The second kappa shape index (κ2) is 3.29. The van der Waals surface area contributed by atoms with Crippen molar-refractivity contribution in [2.75, 3.05) is 0 Å². The van der Waals surface area contributed by atoms with Crippen molar-refractivity contribution in [1.82, 2.24) is 0 Å². The third-order valence-electron chi connectivity index (χ3n) is 6.60. The first-order valence-electron chi connectivity index (χ1n) is 7.45. The van der Waals surface area contributed by atoms with Crippen LogP contribution in [0.3, 0.4) is 0 Å². The fourth-order valence-corrected chi connectivity index (χ4v) is 6.08. The van der Waals surface area contributed by atoms with Crippen LogP contribution in [0.4, 0.5) is 0 Å². The number of carbonyl (C=O) groups is 2. The van der Waals surface area contributed by atoms with Crippen molar-refractivity contribution in [1.29, 1.82) is 0 Å². The molecule has 0 radical (unpaired) electrons. The number of fused-ring (bicyclic) bond motifs is 2. The number of aliphatic carboxylic acids is 1. The molecule has 4 rings (SSSR count). The van der Waals surface area contributed by atoms with Gasteiger partial charge in [-0.05, 0) is 57.3 Å². The van der Waals surface area contributed by atoms with E-state index in [1.165, 1.54) is 0 Å². The second-order valence-electron chi connectivity index (χ2n) is 7.67. The highest BCUT2D eigenvalue weighted by Gasteiger charge is 2.81. The van der Waals surface area contributed by atoms with E-state index in [-0.39, 0.29) is 17.0 Å². The van der Waals surface area contributed by atoms with Crippen LogP contribution in [0.5, 0.6) is 0 Å². The van der Waals surface area contributed by atoms with Crippen molar-refractivity contribution in [3.63, 3.8) is 0 Å². The summed E-state index contributed by atoms with van der Waals surface area (Å²) in [6.45, 7) is 5.33. The summed E-state index contributed by atoms with van der Waals surface area (Å²) in [5, 5.41) is 9.64.